The van der Waals surface area contributed by atoms with Gasteiger partial charge in [0.15, 0.2) is 0 Å². The normalized spacial score (nSPS) is 14.3. The van der Waals surface area contributed by atoms with E-state index in [-0.39, 0.29) is 24.1 Å². The number of piperidine rings is 1. The van der Waals surface area contributed by atoms with Crippen LogP contribution in [0.1, 0.15) is 32.6 Å². The predicted molar refractivity (Wildman–Crippen MR) is 84.4 cm³/mol. The molecule has 1 heterocycles. The lowest BCUT2D eigenvalue weighted by Crippen LogP contribution is -2.37. The van der Waals surface area contributed by atoms with Gasteiger partial charge in [0.1, 0.15) is 6.42 Å². The Labute approximate surface area is 129 Å². The molecule has 22 heavy (non-hydrogen) atoms. The average molecular weight is 303 g/mol. The van der Waals surface area contributed by atoms with Crippen LogP contribution < -0.4 is 10.6 Å². The van der Waals surface area contributed by atoms with Gasteiger partial charge in [-0.05, 0) is 37.5 Å². The molecule has 1 aliphatic heterocycles. The fourth-order valence-corrected chi connectivity index (χ4v) is 2.48. The summed E-state index contributed by atoms with van der Waals surface area (Å²) in [6.07, 6.45) is 3.01. The minimum atomic E-state index is -0.337. The molecule has 0 atom stereocenters. The number of carbonyl (C=O) groups excluding carboxylic acids is 3. The van der Waals surface area contributed by atoms with E-state index in [1.807, 2.05) is 0 Å². The van der Waals surface area contributed by atoms with Crippen LogP contribution in [-0.4, -0.2) is 35.7 Å². The van der Waals surface area contributed by atoms with Crippen LogP contribution in [0.5, 0.6) is 0 Å². The zero-order valence-electron chi connectivity index (χ0n) is 12.7. The van der Waals surface area contributed by atoms with E-state index in [2.05, 4.69) is 10.6 Å². The summed E-state index contributed by atoms with van der Waals surface area (Å²) in [7, 11) is 0. The molecule has 1 fully saturated rings. The lowest BCUT2D eigenvalue weighted by Gasteiger charge is -2.26. The number of hydrogen-bond donors (Lipinski definition) is 2. The molecule has 0 unspecified atom stereocenters. The number of amides is 3. The minimum Gasteiger partial charge on any atom is -0.342 e. The van der Waals surface area contributed by atoms with Crippen molar-refractivity contribution < 1.29 is 14.4 Å². The predicted octanol–water partition coefficient (Wildman–Crippen LogP) is 1.99. The molecule has 0 spiro atoms. The van der Waals surface area contributed by atoms with E-state index in [1.165, 1.54) is 6.92 Å². The second-order valence-corrected chi connectivity index (χ2v) is 5.43. The lowest BCUT2D eigenvalue weighted by atomic mass is 10.1. The molecular formula is C16H21N3O3. The SMILES string of the molecule is CC(=O)Nc1cccc(NC(=O)CC(=O)N2CCCCC2)c1. The summed E-state index contributed by atoms with van der Waals surface area (Å²) in [6.45, 7) is 2.90. The van der Waals surface area contributed by atoms with Gasteiger partial charge in [-0.2, -0.15) is 0 Å². The molecule has 6 heteroatoms. The Morgan fingerprint density at radius 1 is 1.05 bits per heavy atom. The van der Waals surface area contributed by atoms with Gasteiger partial charge >= 0.3 is 0 Å². The van der Waals surface area contributed by atoms with E-state index in [1.54, 1.807) is 29.2 Å². The van der Waals surface area contributed by atoms with Crippen molar-refractivity contribution in [1.82, 2.24) is 4.90 Å². The quantitative estimate of drug-likeness (QED) is 0.835. The van der Waals surface area contributed by atoms with E-state index in [0.717, 1.165) is 32.4 Å². The highest BCUT2D eigenvalue weighted by molar-refractivity contribution is 6.03. The molecule has 0 aromatic heterocycles. The third-order valence-electron chi connectivity index (χ3n) is 3.49. The van der Waals surface area contributed by atoms with E-state index in [4.69, 9.17) is 0 Å². The maximum absolute atomic E-state index is 12.0. The number of benzene rings is 1. The Bertz CT molecular complexity index is 566. The van der Waals surface area contributed by atoms with Crippen LogP contribution in [-0.2, 0) is 14.4 Å². The van der Waals surface area contributed by atoms with Crippen molar-refractivity contribution in [3.05, 3.63) is 24.3 Å². The number of carbonyl (C=O) groups is 3. The summed E-state index contributed by atoms with van der Waals surface area (Å²) < 4.78 is 0. The van der Waals surface area contributed by atoms with Gasteiger partial charge in [0.05, 0.1) is 0 Å². The molecule has 2 N–H and O–H groups in total. The van der Waals surface area contributed by atoms with Crippen molar-refractivity contribution in [1.29, 1.82) is 0 Å². The van der Waals surface area contributed by atoms with Crippen LogP contribution in [0.3, 0.4) is 0 Å². The average Bonchev–Trinajstić information content (AvgIpc) is 2.47. The molecule has 0 saturated carbocycles. The van der Waals surface area contributed by atoms with Gasteiger partial charge in [-0.15, -0.1) is 0 Å². The second kappa shape index (κ2) is 7.59. The zero-order chi connectivity index (χ0) is 15.9. The standard InChI is InChI=1S/C16H21N3O3/c1-12(20)17-13-6-5-7-14(10-13)18-15(21)11-16(22)19-8-3-2-4-9-19/h5-7,10H,2-4,8-9,11H2,1H3,(H,17,20)(H,18,21). The topological polar surface area (TPSA) is 78.5 Å². The highest BCUT2D eigenvalue weighted by atomic mass is 16.2. The minimum absolute atomic E-state index is 0.129. The van der Waals surface area contributed by atoms with Crippen LogP contribution in [0, 0.1) is 0 Å². The Balaban J connectivity index is 1.88. The Morgan fingerprint density at radius 3 is 2.32 bits per heavy atom. The molecule has 1 aromatic rings. The number of likely N-dealkylation sites (tertiary alicyclic amines) is 1. The van der Waals surface area contributed by atoms with E-state index in [9.17, 15) is 14.4 Å². The number of nitrogens with zero attached hydrogens (tertiary/aromatic N) is 1. The first kappa shape index (κ1) is 16.0. The van der Waals surface area contributed by atoms with Crippen LogP contribution in [0.4, 0.5) is 11.4 Å². The summed E-state index contributed by atoms with van der Waals surface area (Å²) in [4.78, 5) is 36.7. The van der Waals surface area contributed by atoms with E-state index < -0.39 is 0 Å². The Kier molecular flexibility index (Phi) is 5.52. The van der Waals surface area contributed by atoms with E-state index in [0.29, 0.717) is 11.4 Å². The van der Waals surface area contributed by atoms with Crippen molar-refractivity contribution >= 4 is 29.1 Å². The van der Waals surface area contributed by atoms with Gasteiger partial charge in [0.25, 0.3) is 0 Å². The molecule has 1 saturated heterocycles. The monoisotopic (exact) mass is 303 g/mol. The van der Waals surface area contributed by atoms with Gasteiger partial charge in [-0.1, -0.05) is 6.07 Å². The molecule has 2 rings (SSSR count). The smallest absolute Gasteiger partial charge is 0.233 e. The maximum atomic E-state index is 12.0. The van der Waals surface area contributed by atoms with Crippen molar-refractivity contribution in [2.45, 2.75) is 32.6 Å². The lowest BCUT2D eigenvalue weighted by molar-refractivity contribution is -0.135. The maximum Gasteiger partial charge on any atom is 0.233 e. The molecule has 118 valence electrons. The van der Waals surface area contributed by atoms with Crippen molar-refractivity contribution in [3.8, 4) is 0 Å². The summed E-state index contributed by atoms with van der Waals surface area (Å²) in [5.41, 5.74) is 1.16. The third kappa shape index (κ3) is 4.87. The van der Waals surface area contributed by atoms with Crippen LogP contribution in [0.25, 0.3) is 0 Å². The summed E-state index contributed by atoms with van der Waals surface area (Å²) in [6, 6.07) is 6.84. The molecule has 1 aliphatic rings. The van der Waals surface area contributed by atoms with Crippen molar-refractivity contribution in [2.24, 2.45) is 0 Å². The van der Waals surface area contributed by atoms with Crippen LogP contribution in [0.2, 0.25) is 0 Å². The largest absolute Gasteiger partial charge is 0.342 e. The summed E-state index contributed by atoms with van der Waals surface area (Å²) in [5.74, 6) is -0.644. The zero-order valence-corrected chi connectivity index (χ0v) is 12.7. The fraction of sp³-hybridized carbons (Fsp3) is 0.438. The van der Waals surface area contributed by atoms with Gasteiger partial charge in [-0.25, -0.2) is 0 Å². The highest BCUT2D eigenvalue weighted by Crippen LogP contribution is 2.16. The van der Waals surface area contributed by atoms with E-state index >= 15 is 0 Å². The number of rotatable bonds is 4. The Morgan fingerprint density at radius 2 is 1.68 bits per heavy atom. The number of anilines is 2. The molecule has 0 bridgehead atoms. The first-order valence-electron chi connectivity index (χ1n) is 7.50. The van der Waals surface area contributed by atoms with Gasteiger partial charge in [0.2, 0.25) is 17.7 Å². The molecule has 1 aromatic carbocycles. The van der Waals surface area contributed by atoms with Crippen molar-refractivity contribution in [3.63, 3.8) is 0 Å². The fourth-order valence-electron chi connectivity index (χ4n) is 2.48. The van der Waals surface area contributed by atoms with Crippen LogP contribution >= 0.6 is 0 Å². The number of hydrogen-bond acceptors (Lipinski definition) is 3. The van der Waals surface area contributed by atoms with Crippen LogP contribution in [0.15, 0.2) is 24.3 Å². The van der Waals surface area contributed by atoms with Gasteiger partial charge < -0.3 is 15.5 Å². The highest BCUT2D eigenvalue weighted by Gasteiger charge is 2.19. The first-order chi connectivity index (χ1) is 10.5. The van der Waals surface area contributed by atoms with Gasteiger partial charge in [0, 0.05) is 31.4 Å². The summed E-state index contributed by atoms with van der Waals surface area (Å²) >= 11 is 0. The molecular weight excluding hydrogens is 282 g/mol. The Hall–Kier alpha value is -2.37. The summed E-state index contributed by atoms with van der Waals surface area (Å²) in [5, 5.41) is 5.33. The molecule has 6 nitrogen and oxygen atoms in total. The second-order valence-electron chi connectivity index (χ2n) is 5.43. The third-order valence-corrected chi connectivity index (χ3v) is 3.49. The number of nitrogens with one attached hydrogen (secondary N) is 2. The van der Waals surface area contributed by atoms with Crippen molar-refractivity contribution in [2.75, 3.05) is 23.7 Å². The first-order valence-corrected chi connectivity index (χ1v) is 7.50. The molecule has 3 amide bonds. The molecule has 0 radical (unpaired) electrons. The van der Waals surface area contributed by atoms with Gasteiger partial charge in [-0.3, -0.25) is 14.4 Å². The molecule has 0 aliphatic carbocycles.